The van der Waals surface area contributed by atoms with Gasteiger partial charge in [-0.3, -0.25) is 10.3 Å². The molecule has 41 heavy (non-hydrogen) atoms. The van der Waals surface area contributed by atoms with Gasteiger partial charge in [-0.25, -0.2) is 19.3 Å². The van der Waals surface area contributed by atoms with Gasteiger partial charge < -0.3 is 14.1 Å². The summed E-state index contributed by atoms with van der Waals surface area (Å²) in [5.74, 6) is 0.525. The molecule has 220 valence electrons. The fraction of sp³-hybridized carbons (Fsp3) is 0.516. The highest BCUT2D eigenvalue weighted by Gasteiger charge is 2.27. The van der Waals surface area contributed by atoms with E-state index in [0.717, 1.165) is 24.8 Å². The van der Waals surface area contributed by atoms with Crippen LogP contribution in [-0.2, 0) is 11.2 Å². The molecule has 2 aromatic heterocycles. The highest BCUT2D eigenvalue weighted by atomic mass is 16.6. The molecule has 1 fully saturated rings. The number of carbonyl (C=O) groups is 2. The number of hydrogen-bond acceptors (Lipinski definition) is 7. The summed E-state index contributed by atoms with van der Waals surface area (Å²) in [7, 11) is 1.75. The summed E-state index contributed by atoms with van der Waals surface area (Å²) in [6, 6.07) is 6.88. The van der Waals surface area contributed by atoms with Crippen molar-refractivity contribution in [1.29, 1.82) is 0 Å². The number of hydrogen-bond donors (Lipinski definition) is 1. The Morgan fingerprint density at radius 2 is 1.78 bits per heavy atom. The van der Waals surface area contributed by atoms with Gasteiger partial charge in [-0.15, -0.1) is 0 Å². The fourth-order valence-corrected chi connectivity index (χ4v) is 5.18. The highest BCUT2D eigenvalue weighted by Crippen LogP contribution is 2.29. The van der Waals surface area contributed by atoms with E-state index in [1.54, 1.807) is 64.2 Å². The van der Waals surface area contributed by atoms with Gasteiger partial charge in [0, 0.05) is 38.2 Å². The van der Waals surface area contributed by atoms with E-state index >= 15 is 0 Å². The van der Waals surface area contributed by atoms with Gasteiger partial charge in [-0.05, 0) is 81.8 Å². The summed E-state index contributed by atoms with van der Waals surface area (Å²) < 4.78 is 11.1. The topological polar surface area (TPSA) is 118 Å². The van der Waals surface area contributed by atoms with Crippen LogP contribution in [0.15, 0.2) is 45.9 Å². The lowest BCUT2D eigenvalue weighted by atomic mass is 9.87. The number of benzene rings is 1. The lowest BCUT2D eigenvalue weighted by Gasteiger charge is -2.29. The Morgan fingerprint density at radius 3 is 2.46 bits per heavy atom. The molecule has 1 N–H and O–H groups in total. The maximum atomic E-state index is 13.7. The highest BCUT2D eigenvalue weighted by molar-refractivity contribution is 5.94. The molecule has 1 aliphatic rings. The zero-order valence-electron chi connectivity index (χ0n) is 24.7. The first-order valence-corrected chi connectivity index (χ1v) is 14.4. The molecule has 10 heteroatoms. The Kier molecular flexibility index (Phi) is 9.62. The molecule has 0 atom stereocenters. The minimum absolute atomic E-state index is 0.0219. The molecule has 3 aromatic rings. The molecule has 0 spiro atoms. The van der Waals surface area contributed by atoms with E-state index in [0.29, 0.717) is 42.2 Å². The van der Waals surface area contributed by atoms with Crippen LogP contribution < -0.4 is 15.8 Å². The van der Waals surface area contributed by atoms with Crippen LogP contribution in [0.4, 0.5) is 21.3 Å². The summed E-state index contributed by atoms with van der Waals surface area (Å²) in [4.78, 5) is 51.1. The minimum Gasteiger partial charge on any atom is -0.444 e. The molecule has 4 rings (SSSR count). The second-order valence-electron chi connectivity index (χ2n) is 11.8. The largest absolute Gasteiger partial charge is 0.444 e. The minimum atomic E-state index is -0.663. The van der Waals surface area contributed by atoms with Gasteiger partial charge in [0.15, 0.2) is 0 Å². The molecule has 1 aromatic carbocycles. The molecule has 3 amide bonds. The van der Waals surface area contributed by atoms with Crippen LogP contribution in [0.3, 0.4) is 0 Å². The summed E-state index contributed by atoms with van der Waals surface area (Å²) in [5.41, 5.74) is 1.12. The number of rotatable bonds is 8. The first-order valence-electron chi connectivity index (χ1n) is 14.4. The summed E-state index contributed by atoms with van der Waals surface area (Å²) in [5, 5.41) is 2.94. The quantitative estimate of drug-likeness (QED) is 0.341. The van der Waals surface area contributed by atoms with E-state index in [1.807, 2.05) is 12.1 Å². The monoisotopic (exact) mass is 563 g/mol. The van der Waals surface area contributed by atoms with Crippen LogP contribution in [-0.4, -0.2) is 52.7 Å². The molecular weight excluding hydrogens is 522 g/mol. The van der Waals surface area contributed by atoms with E-state index in [9.17, 15) is 14.4 Å². The number of likely N-dealkylation sites (N-methyl/N-ethyl adjacent to an activating group) is 1. The molecule has 1 saturated carbocycles. The van der Waals surface area contributed by atoms with E-state index in [2.05, 4.69) is 15.3 Å². The number of aryl methyl sites for hydroxylation is 1. The third-order valence-electron chi connectivity index (χ3n) is 7.44. The number of ether oxygens (including phenoxy) is 1. The number of carbonyl (C=O) groups excluding carboxylic acids is 2. The molecule has 0 saturated heterocycles. The summed E-state index contributed by atoms with van der Waals surface area (Å²) >= 11 is 0. The van der Waals surface area contributed by atoms with Crippen molar-refractivity contribution in [2.24, 2.45) is 5.92 Å². The van der Waals surface area contributed by atoms with Crippen LogP contribution in [0, 0.1) is 12.8 Å². The number of amides is 3. The van der Waals surface area contributed by atoms with Gasteiger partial charge in [-0.2, -0.15) is 4.98 Å². The van der Waals surface area contributed by atoms with Crippen molar-refractivity contribution in [1.82, 2.24) is 14.9 Å². The Balaban J connectivity index is 1.60. The zero-order chi connectivity index (χ0) is 29.6. The maximum absolute atomic E-state index is 13.7. The zero-order valence-corrected chi connectivity index (χ0v) is 24.7. The maximum Gasteiger partial charge on any atom is 0.412 e. The van der Waals surface area contributed by atoms with E-state index in [1.165, 1.54) is 24.2 Å². The van der Waals surface area contributed by atoms with Gasteiger partial charge in [0.1, 0.15) is 5.60 Å². The second-order valence-corrected chi connectivity index (χ2v) is 11.8. The lowest BCUT2D eigenvalue weighted by Crippen LogP contribution is -2.44. The predicted octanol–water partition coefficient (Wildman–Crippen LogP) is 6.31. The van der Waals surface area contributed by atoms with Crippen molar-refractivity contribution in [2.45, 2.75) is 78.2 Å². The van der Waals surface area contributed by atoms with Crippen LogP contribution in [0.5, 0.6) is 0 Å². The van der Waals surface area contributed by atoms with E-state index in [-0.39, 0.29) is 17.4 Å². The number of nitrogens with zero attached hydrogens (tertiary/aromatic N) is 4. The number of fused-ring (bicyclic) bond motifs is 1. The number of urea groups is 1. The Bertz CT molecular complexity index is 1410. The van der Waals surface area contributed by atoms with Crippen LogP contribution in [0.1, 0.15) is 70.4 Å². The normalized spacial score (nSPS) is 14.1. The third kappa shape index (κ3) is 8.05. The van der Waals surface area contributed by atoms with E-state index in [4.69, 9.17) is 9.15 Å². The molecule has 0 radical (unpaired) electrons. The Labute approximate surface area is 241 Å². The number of anilines is 2. The first-order chi connectivity index (χ1) is 19.5. The molecule has 0 bridgehead atoms. The molecule has 1 aliphatic carbocycles. The smallest absolute Gasteiger partial charge is 0.412 e. The molecular formula is C31H41N5O5. The number of pyridine rings is 1. The van der Waals surface area contributed by atoms with Gasteiger partial charge in [-0.1, -0.05) is 32.1 Å². The SMILES string of the molecule is Cc1c(NC(=O)OC(C)(C)C)ccc2nc(N(CCC3CCCCC3)C(=O)N(C)CCc3ccncc3)oc(=O)c12. The van der Waals surface area contributed by atoms with Crippen LogP contribution in [0.2, 0.25) is 0 Å². The van der Waals surface area contributed by atoms with Gasteiger partial charge in [0.05, 0.1) is 10.9 Å². The van der Waals surface area contributed by atoms with Crippen LogP contribution in [0.25, 0.3) is 10.9 Å². The van der Waals surface area contributed by atoms with Gasteiger partial charge >= 0.3 is 23.8 Å². The summed E-state index contributed by atoms with van der Waals surface area (Å²) in [6.07, 6.45) is 10.3. The number of aromatic nitrogens is 2. The van der Waals surface area contributed by atoms with Gasteiger partial charge in [0.25, 0.3) is 0 Å². The second kappa shape index (κ2) is 13.1. The lowest BCUT2D eigenvalue weighted by molar-refractivity contribution is 0.0635. The average molecular weight is 564 g/mol. The van der Waals surface area contributed by atoms with E-state index < -0.39 is 17.3 Å². The molecule has 2 heterocycles. The summed E-state index contributed by atoms with van der Waals surface area (Å²) in [6.45, 7) is 7.93. The van der Waals surface area contributed by atoms with Crippen molar-refractivity contribution in [3.63, 3.8) is 0 Å². The van der Waals surface area contributed by atoms with Crippen molar-refractivity contribution in [2.75, 3.05) is 30.4 Å². The predicted molar refractivity (Wildman–Crippen MR) is 159 cm³/mol. The van der Waals surface area contributed by atoms with Crippen molar-refractivity contribution >= 4 is 34.7 Å². The Hall–Kier alpha value is -3.95. The molecule has 0 unspecified atom stereocenters. The fourth-order valence-electron chi connectivity index (χ4n) is 5.18. The number of nitrogens with one attached hydrogen (secondary N) is 1. The molecule has 10 nitrogen and oxygen atoms in total. The third-order valence-corrected chi connectivity index (χ3v) is 7.44. The van der Waals surface area contributed by atoms with Crippen molar-refractivity contribution < 1.29 is 18.7 Å². The van der Waals surface area contributed by atoms with Crippen molar-refractivity contribution in [3.05, 3.63) is 58.2 Å². The first kappa shape index (κ1) is 30.0. The standard InChI is InChI=1S/C31H41N5O5/c1-21-24(34-29(38)41-31(2,3)4)11-12-25-26(21)27(37)40-28(33-25)36(20-16-22-9-7-6-8-10-22)30(39)35(5)19-15-23-13-17-32-18-14-23/h11-14,17-18,22H,6-10,15-16,19-20H2,1-5H3,(H,34,38). The Morgan fingerprint density at radius 1 is 1.07 bits per heavy atom. The van der Waals surface area contributed by atoms with Crippen LogP contribution >= 0.6 is 0 Å². The molecule has 0 aliphatic heterocycles. The van der Waals surface area contributed by atoms with Crippen molar-refractivity contribution in [3.8, 4) is 0 Å². The van der Waals surface area contributed by atoms with Gasteiger partial charge in [0.2, 0.25) is 0 Å². The average Bonchev–Trinajstić information content (AvgIpc) is 2.93.